The standard InChI is InChI=1S/C20H27N3S/c1-14-9-7-11-16-21-17(15-10-8-12-24-15)18(23(14)16)22-20(5,6)13-19(2,3)4/h7-12,22H,13H2,1-6H3. The Morgan fingerprint density at radius 3 is 2.46 bits per heavy atom. The highest BCUT2D eigenvalue weighted by atomic mass is 32.1. The monoisotopic (exact) mass is 341 g/mol. The van der Waals surface area contributed by atoms with Crippen molar-refractivity contribution in [2.45, 2.75) is 53.5 Å². The molecule has 0 aliphatic carbocycles. The zero-order valence-electron chi connectivity index (χ0n) is 15.5. The summed E-state index contributed by atoms with van der Waals surface area (Å²) in [4.78, 5) is 6.11. The van der Waals surface area contributed by atoms with Crippen molar-refractivity contribution in [2.75, 3.05) is 5.32 Å². The molecule has 128 valence electrons. The van der Waals surface area contributed by atoms with Crippen molar-refractivity contribution in [1.29, 1.82) is 0 Å². The highest BCUT2D eigenvalue weighted by Crippen LogP contribution is 2.36. The van der Waals surface area contributed by atoms with Gasteiger partial charge in [-0.2, -0.15) is 0 Å². The Morgan fingerprint density at radius 1 is 1.08 bits per heavy atom. The number of thiophene rings is 1. The van der Waals surface area contributed by atoms with Crippen molar-refractivity contribution in [3.8, 4) is 10.6 Å². The molecule has 0 aliphatic heterocycles. The first kappa shape index (κ1) is 17.0. The molecule has 0 saturated heterocycles. The molecular weight excluding hydrogens is 314 g/mol. The van der Waals surface area contributed by atoms with Crippen molar-refractivity contribution in [3.05, 3.63) is 41.4 Å². The largest absolute Gasteiger partial charge is 0.364 e. The van der Waals surface area contributed by atoms with Gasteiger partial charge in [-0.15, -0.1) is 11.3 Å². The van der Waals surface area contributed by atoms with Gasteiger partial charge in [-0.25, -0.2) is 4.98 Å². The molecular formula is C20H27N3S. The third-order valence-electron chi connectivity index (χ3n) is 4.02. The van der Waals surface area contributed by atoms with E-state index in [1.807, 2.05) is 0 Å². The van der Waals surface area contributed by atoms with Gasteiger partial charge < -0.3 is 5.32 Å². The lowest BCUT2D eigenvalue weighted by atomic mass is 9.82. The van der Waals surface area contributed by atoms with Crippen LogP contribution in [0.2, 0.25) is 0 Å². The molecule has 0 spiro atoms. The fourth-order valence-electron chi connectivity index (χ4n) is 3.65. The number of hydrogen-bond donors (Lipinski definition) is 1. The molecule has 3 aromatic rings. The minimum atomic E-state index is -0.0253. The van der Waals surface area contributed by atoms with Crippen molar-refractivity contribution in [2.24, 2.45) is 5.41 Å². The van der Waals surface area contributed by atoms with Gasteiger partial charge in [0.2, 0.25) is 0 Å². The molecule has 0 fully saturated rings. The van der Waals surface area contributed by atoms with Gasteiger partial charge in [-0.1, -0.05) is 32.9 Å². The van der Waals surface area contributed by atoms with Crippen LogP contribution in [0, 0.1) is 12.3 Å². The molecule has 3 heterocycles. The first-order valence-electron chi connectivity index (χ1n) is 8.46. The maximum absolute atomic E-state index is 4.91. The summed E-state index contributed by atoms with van der Waals surface area (Å²) in [6.45, 7) is 13.5. The minimum absolute atomic E-state index is 0.0253. The fourth-order valence-corrected chi connectivity index (χ4v) is 4.36. The van der Waals surface area contributed by atoms with E-state index in [1.54, 1.807) is 11.3 Å². The number of pyridine rings is 1. The summed E-state index contributed by atoms with van der Waals surface area (Å²) < 4.78 is 2.24. The summed E-state index contributed by atoms with van der Waals surface area (Å²) >= 11 is 1.73. The molecule has 3 nitrogen and oxygen atoms in total. The van der Waals surface area contributed by atoms with E-state index in [0.29, 0.717) is 0 Å². The third-order valence-corrected chi connectivity index (χ3v) is 4.90. The summed E-state index contributed by atoms with van der Waals surface area (Å²) in [5.74, 6) is 1.10. The zero-order valence-corrected chi connectivity index (χ0v) is 16.3. The third kappa shape index (κ3) is 3.48. The van der Waals surface area contributed by atoms with E-state index < -0.39 is 0 Å². The lowest BCUT2D eigenvalue weighted by molar-refractivity contribution is 0.302. The van der Waals surface area contributed by atoms with Crippen LogP contribution in [0.3, 0.4) is 0 Å². The Bertz CT molecular complexity index is 836. The second-order valence-corrected chi connectivity index (χ2v) is 9.34. The van der Waals surface area contributed by atoms with E-state index in [2.05, 4.69) is 87.0 Å². The van der Waals surface area contributed by atoms with Crippen LogP contribution in [0.4, 0.5) is 5.82 Å². The van der Waals surface area contributed by atoms with Crippen LogP contribution in [-0.4, -0.2) is 14.9 Å². The molecule has 0 saturated carbocycles. The summed E-state index contributed by atoms with van der Waals surface area (Å²) in [6, 6.07) is 10.5. The summed E-state index contributed by atoms with van der Waals surface area (Å²) in [7, 11) is 0. The Hall–Kier alpha value is -1.81. The predicted octanol–water partition coefficient (Wildman–Crippen LogP) is 6.00. The lowest BCUT2D eigenvalue weighted by Gasteiger charge is -2.34. The van der Waals surface area contributed by atoms with E-state index >= 15 is 0 Å². The number of aromatic nitrogens is 2. The molecule has 4 heteroatoms. The van der Waals surface area contributed by atoms with Crippen molar-refractivity contribution in [1.82, 2.24) is 9.38 Å². The number of anilines is 1. The highest BCUT2D eigenvalue weighted by Gasteiger charge is 2.28. The Kier molecular flexibility index (Phi) is 4.20. The van der Waals surface area contributed by atoms with Crippen molar-refractivity contribution in [3.63, 3.8) is 0 Å². The lowest BCUT2D eigenvalue weighted by Crippen LogP contribution is -2.36. The molecule has 0 aliphatic rings. The molecule has 24 heavy (non-hydrogen) atoms. The number of nitrogens with one attached hydrogen (secondary N) is 1. The van der Waals surface area contributed by atoms with Crippen LogP contribution >= 0.6 is 11.3 Å². The van der Waals surface area contributed by atoms with E-state index in [4.69, 9.17) is 4.98 Å². The number of imidazole rings is 1. The number of aryl methyl sites for hydroxylation is 1. The van der Waals surface area contributed by atoms with Gasteiger partial charge in [0.1, 0.15) is 17.2 Å². The van der Waals surface area contributed by atoms with Gasteiger partial charge in [0.25, 0.3) is 0 Å². The summed E-state index contributed by atoms with van der Waals surface area (Å²) in [5, 5.41) is 5.91. The maximum atomic E-state index is 4.91. The first-order valence-corrected chi connectivity index (χ1v) is 9.34. The topological polar surface area (TPSA) is 29.3 Å². The Labute approximate surface area is 148 Å². The maximum Gasteiger partial charge on any atom is 0.140 e. The average Bonchev–Trinajstić information content (AvgIpc) is 3.03. The second-order valence-electron chi connectivity index (χ2n) is 8.39. The van der Waals surface area contributed by atoms with E-state index in [0.717, 1.165) is 23.6 Å². The van der Waals surface area contributed by atoms with Crippen LogP contribution in [-0.2, 0) is 0 Å². The molecule has 0 radical (unpaired) electrons. The molecule has 0 bridgehead atoms. The second kappa shape index (κ2) is 5.92. The normalized spacial score (nSPS) is 12.8. The predicted molar refractivity (Wildman–Crippen MR) is 105 cm³/mol. The Morgan fingerprint density at radius 2 is 1.83 bits per heavy atom. The average molecular weight is 342 g/mol. The van der Waals surface area contributed by atoms with E-state index in [9.17, 15) is 0 Å². The van der Waals surface area contributed by atoms with Crippen LogP contribution in [0.15, 0.2) is 35.7 Å². The fraction of sp³-hybridized carbons (Fsp3) is 0.450. The number of fused-ring (bicyclic) bond motifs is 1. The van der Waals surface area contributed by atoms with Crippen LogP contribution < -0.4 is 5.32 Å². The highest BCUT2D eigenvalue weighted by molar-refractivity contribution is 7.13. The quantitative estimate of drug-likeness (QED) is 0.631. The molecule has 3 rings (SSSR count). The van der Waals surface area contributed by atoms with Crippen LogP contribution in [0.5, 0.6) is 0 Å². The zero-order chi connectivity index (χ0) is 17.5. The molecule has 0 unspecified atom stereocenters. The number of hydrogen-bond acceptors (Lipinski definition) is 3. The van der Waals surface area contributed by atoms with Gasteiger partial charge in [0, 0.05) is 11.2 Å². The number of rotatable bonds is 4. The van der Waals surface area contributed by atoms with Crippen molar-refractivity contribution >= 4 is 22.8 Å². The Balaban J connectivity index is 2.13. The SMILES string of the molecule is Cc1cccc2nc(-c3cccs3)c(NC(C)(C)CC(C)(C)C)n12. The van der Waals surface area contributed by atoms with Gasteiger partial charge in [-0.3, -0.25) is 4.40 Å². The molecule has 0 atom stereocenters. The van der Waals surface area contributed by atoms with Crippen LogP contribution in [0.25, 0.3) is 16.2 Å². The van der Waals surface area contributed by atoms with Gasteiger partial charge in [0.15, 0.2) is 0 Å². The minimum Gasteiger partial charge on any atom is -0.364 e. The van der Waals surface area contributed by atoms with Gasteiger partial charge in [0.05, 0.1) is 4.88 Å². The van der Waals surface area contributed by atoms with Gasteiger partial charge >= 0.3 is 0 Å². The molecule has 0 aromatic carbocycles. The number of nitrogens with zero attached hydrogens (tertiary/aromatic N) is 2. The smallest absolute Gasteiger partial charge is 0.140 e. The summed E-state index contributed by atoms with van der Waals surface area (Å²) in [5.41, 5.74) is 3.46. The van der Waals surface area contributed by atoms with Gasteiger partial charge in [-0.05, 0) is 56.2 Å². The molecule has 0 amide bonds. The first-order chi connectivity index (χ1) is 11.2. The van der Waals surface area contributed by atoms with Crippen molar-refractivity contribution < 1.29 is 0 Å². The van der Waals surface area contributed by atoms with E-state index in [1.165, 1.54) is 10.6 Å². The van der Waals surface area contributed by atoms with Crippen LogP contribution in [0.1, 0.15) is 46.7 Å². The molecule has 3 aromatic heterocycles. The van der Waals surface area contributed by atoms with E-state index in [-0.39, 0.29) is 11.0 Å². The molecule has 1 N–H and O–H groups in total. The summed E-state index contributed by atoms with van der Waals surface area (Å²) in [6.07, 6.45) is 1.07.